The predicted octanol–water partition coefficient (Wildman–Crippen LogP) is 3.89. The van der Waals surface area contributed by atoms with Crippen molar-refractivity contribution in [1.29, 1.82) is 0 Å². The van der Waals surface area contributed by atoms with Crippen LogP contribution in [0.25, 0.3) is 0 Å². The van der Waals surface area contributed by atoms with E-state index in [4.69, 9.17) is 9.47 Å². The summed E-state index contributed by atoms with van der Waals surface area (Å²) in [6.45, 7) is 7.22. The number of unbranched alkanes of at least 4 members (excludes halogenated alkanes) is 1. The summed E-state index contributed by atoms with van der Waals surface area (Å²) in [6, 6.07) is 14.8. The maximum atomic E-state index is 14.8. The van der Waals surface area contributed by atoms with Crippen molar-refractivity contribution in [3.63, 3.8) is 0 Å². The summed E-state index contributed by atoms with van der Waals surface area (Å²) in [4.78, 5) is 48.9. The maximum Gasteiger partial charge on any atom is 0.249 e. The van der Waals surface area contributed by atoms with E-state index in [9.17, 15) is 19.5 Å². The highest BCUT2D eigenvalue weighted by Gasteiger charge is 2.75. The molecule has 2 aromatic carbocycles. The highest BCUT2D eigenvalue weighted by atomic mass is 16.5. The number of anilines is 1. The monoisotopic (exact) mass is 599 g/mol. The van der Waals surface area contributed by atoms with Gasteiger partial charge in [0.05, 0.1) is 36.7 Å². The average molecular weight is 600 g/mol. The molecule has 4 aliphatic heterocycles. The second kappa shape index (κ2) is 11.9. The number of aliphatic hydroxyl groups is 1. The Balaban J connectivity index is 1.46. The zero-order valence-electron chi connectivity index (χ0n) is 25.6. The molecule has 0 saturated carbocycles. The molecule has 0 bridgehead atoms. The number of carbonyl (C=O) groups excluding carboxylic acids is 3. The molecule has 232 valence electrons. The molecule has 2 aromatic rings. The second-order valence-electron chi connectivity index (χ2n) is 12.2. The molecule has 6 atom stereocenters. The molecule has 1 unspecified atom stereocenters. The van der Waals surface area contributed by atoms with Gasteiger partial charge in [0.1, 0.15) is 17.4 Å². The molecule has 1 N–H and O–H groups in total. The Morgan fingerprint density at radius 2 is 1.66 bits per heavy atom. The molecule has 2 saturated heterocycles. The number of likely N-dealkylation sites (tertiary alicyclic amines) is 1. The molecule has 0 radical (unpaired) electrons. The Morgan fingerprint density at radius 1 is 0.932 bits per heavy atom. The van der Waals surface area contributed by atoms with Crippen LogP contribution in [-0.2, 0) is 19.1 Å². The number of amides is 3. The molecular weight excluding hydrogens is 558 g/mol. The lowest BCUT2D eigenvalue weighted by atomic mass is 9.74. The Morgan fingerprint density at radius 3 is 2.34 bits per heavy atom. The molecule has 44 heavy (non-hydrogen) atoms. The fourth-order valence-electron chi connectivity index (χ4n) is 7.54. The van der Waals surface area contributed by atoms with Crippen molar-refractivity contribution in [2.45, 2.75) is 56.9 Å². The first-order valence-corrected chi connectivity index (χ1v) is 15.7. The molecule has 6 rings (SSSR count). The van der Waals surface area contributed by atoms with Crippen LogP contribution in [0.3, 0.4) is 0 Å². The van der Waals surface area contributed by atoms with Crippen molar-refractivity contribution in [2.75, 3.05) is 37.7 Å². The lowest BCUT2D eigenvalue weighted by Crippen LogP contribution is -2.57. The van der Waals surface area contributed by atoms with Gasteiger partial charge in [-0.2, -0.15) is 0 Å². The highest BCUT2D eigenvalue weighted by Crippen LogP contribution is 2.59. The number of hydrogen-bond donors (Lipinski definition) is 1. The van der Waals surface area contributed by atoms with Crippen molar-refractivity contribution in [3.05, 3.63) is 84.5 Å². The summed E-state index contributed by atoms with van der Waals surface area (Å²) in [5.74, 6) is -2.00. The van der Waals surface area contributed by atoms with Crippen LogP contribution in [0.2, 0.25) is 0 Å². The third kappa shape index (κ3) is 4.73. The van der Waals surface area contributed by atoms with E-state index in [2.05, 4.69) is 6.92 Å². The summed E-state index contributed by atoms with van der Waals surface area (Å²) in [5, 5.41) is 10.7. The normalized spacial score (nSPS) is 30.1. The summed E-state index contributed by atoms with van der Waals surface area (Å²) < 4.78 is 12.6. The zero-order chi connectivity index (χ0) is 31.1. The first-order valence-electron chi connectivity index (χ1n) is 15.7. The third-order valence-electron chi connectivity index (χ3n) is 9.51. The van der Waals surface area contributed by atoms with E-state index in [1.807, 2.05) is 92.7 Å². The van der Waals surface area contributed by atoms with E-state index < -0.39 is 35.1 Å². The Kier molecular flexibility index (Phi) is 8.11. The average Bonchev–Trinajstić information content (AvgIpc) is 3.30. The van der Waals surface area contributed by atoms with E-state index in [1.54, 1.807) is 9.80 Å². The minimum absolute atomic E-state index is 0.228. The summed E-state index contributed by atoms with van der Waals surface area (Å²) in [7, 11) is 0. The molecule has 9 nitrogen and oxygen atoms in total. The molecular formula is C35H41N3O6. The van der Waals surface area contributed by atoms with Gasteiger partial charge < -0.3 is 29.3 Å². The number of aliphatic hydroxyl groups excluding tert-OH is 1. The van der Waals surface area contributed by atoms with Gasteiger partial charge in [-0.15, -0.1) is 0 Å². The number of ether oxygens (including phenoxy) is 2. The van der Waals surface area contributed by atoms with Gasteiger partial charge >= 0.3 is 0 Å². The molecule has 4 aliphatic rings. The maximum absolute atomic E-state index is 14.8. The second-order valence-corrected chi connectivity index (χ2v) is 12.2. The number of benzene rings is 2. The van der Waals surface area contributed by atoms with Gasteiger partial charge in [-0.25, -0.2) is 0 Å². The van der Waals surface area contributed by atoms with Gasteiger partial charge in [0.2, 0.25) is 17.7 Å². The van der Waals surface area contributed by atoms with Gasteiger partial charge in [-0.3, -0.25) is 14.4 Å². The molecule has 4 heterocycles. The topological polar surface area (TPSA) is 99.6 Å². The SMILES string of the molecule is CCCCN1CC=C[C@]23O[C@@]4(C)C=CCN(c5ccc(OCC)cc5)C(=O)[C@H]4[C@H]2C(=O)N([C@H](CO)c2ccccc2)C3C1=O. The van der Waals surface area contributed by atoms with Gasteiger partial charge in [-0.1, -0.05) is 68.0 Å². The van der Waals surface area contributed by atoms with Gasteiger partial charge in [0.25, 0.3) is 0 Å². The van der Waals surface area contributed by atoms with Crippen molar-refractivity contribution >= 4 is 23.4 Å². The third-order valence-corrected chi connectivity index (χ3v) is 9.51. The molecule has 0 aromatic heterocycles. The largest absolute Gasteiger partial charge is 0.494 e. The number of fused-ring (bicyclic) bond motifs is 2. The van der Waals surface area contributed by atoms with Crippen LogP contribution in [0, 0.1) is 11.8 Å². The van der Waals surface area contributed by atoms with Crippen LogP contribution >= 0.6 is 0 Å². The first-order chi connectivity index (χ1) is 21.3. The standard InChI is InChI=1S/C35H41N3O6/c1-4-6-20-36-21-11-19-35-29(32(41)38(30(35)33(36)42)27(23-39)24-12-8-7-9-13-24)28-31(40)37(22-10-18-34(28,3)44-35)25-14-16-26(17-15-25)43-5-2/h7-19,27-30,39H,4-6,20-23H2,1-3H3/t27-,28-,29+,30?,34+,35+/m1/s1. The molecule has 9 heteroatoms. The fourth-order valence-corrected chi connectivity index (χ4v) is 7.54. The first kappa shape index (κ1) is 30.1. The Hall–Kier alpha value is -3.95. The van der Waals surface area contributed by atoms with E-state index in [-0.39, 0.29) is 24.3 Å². The van der Waals surface area contributed by atoms with Gasteiger partial charge in [0.15, 0.2) is 0 Å². The summed E-state index contributed by atoms with van der Waals surface area (Å²) >= 11 is 0. The quantitative estimate of drug-likeness (QED) is 0.439. The van der Waals surface area contributed by atoms with E-state index >= 15 is 0 Å². The Bertz CT molecular complexity index is 1460. The van der Waals surface area contributed by atoms with Gasteiger partial charge in [0, 0.05) is 25.3 Å². The minimum atomic E-state index is -1.39. The minimum Gasteiger partial charge on any atom is -0.494 e. The lowest BCUT2D eigenvalue weighted by Gasteiger charge is -2.40. The molecule has 0 aliphatic carbocycles. The van der Waals surface area contributed by atoms with E-state index in [0.29, 0.717) is 43.2 Å². The van der Waals surface area contributed by atoms with Gasteiger partial charge in [-0.05, 0) is 50.1 Å². The van der Waals surface area contributed by atoms with Crippen molar-refractivity contribution in [1.82, 2.24) is 9.80 Å². The van der Waals surface area contributed by atoms with E-state index in [0.717, 1.165) is 12.8 Å². The molecule has 3 amide bonds. The lowest BCUT2D eigenvalue weighted by molar-refractivity contribution is -0.154. The van der Waals surface area contributed by atoms with Crippen LogP contribution in [0.15, 0.2) is 78.9 Å². The number of hydrogen-bond acceptors (Lipinski definition) is 6. The Labute approximate surface area is 258 Å². The van der Waals surface area contributed by atoms with Crippen LogP contribution in [-0.4, -0.2) is 82.7 Å². The van der Waals surface area contributed by atoms with Crippen LogP contribution in [0.1, 0.15) is 45.2 Å². The van der Waals surface area contributed by atoms with Crippen LogP contribution < -0.4 is 9.64 Å². The molecule has 1 spiro atoms. The fraction of sp³-hybridized carbons (Fsp3) is 0.457. The number of rotatable bonds is 9. The van der Waals surface area contributed by atoms with Crippen molar-refractivity contribution in [2.24, 2.45) is 11.8 Å². The van der Waals surface area contributed by atoms with Crippen molar-refractivity contribution in [3.8, 4) is 5.75 Å². The highest BCUT2D eigenvalue weighted by molar-refractivity contribution is 6.04. The summed E-state index contributed by atoms with van der Waals surface area (Å²) in [5.41, 5.74) is -1.13. The van der Waals surface area contributed by atoms with Crippen LogP contribution in [0.5, 0.6) is 5.75 Å². The number of nitrogens with zero attached hydrogens (tertiary/aromatic N) is 3. The molecule has 2 fully saturated rings. The number of carbonyl (C=O) groups is 3. The zero-order valence-corrected chi connectivity index (χ0v) is 25.6. The predicted molar refractivity (Wildman–Crippen MR) is 166 cm³/mol. The smallest absolute Gasteiger partial charge is 0.249 e. The summed E-state index contributed by atoms with van der Waals surface area (Å²) in [6.07, 6.45) is 9.27. The van der Waals surface area contributed by atoms with Crippen molar-refractivity contribution < 1.29 is 29.0 Å². The van der Waals surface area contributed by atoms with Crippen LogP contribution in [0.4, 0.5) is 5.69 Å². The van der Waals surface area contributed by atoms with E-state index in [1.165, 1.54) is 4.90 Å².